The van der Waals surface area contributed by atoms with E-state index in [-0.39, 0.29) is 21.6 Å². The van der Waals surface area contributed by atoms with Crippen molar-refractivity contribution in [3.05, 3.63) is 52.3 Å². The molecule has 0 radical (unpaired) electrons. The Labute approximate surface area is 139 Å². The Balaban J connectivity index is 2.01. The molecule has 0 atom stereocenters. The van der Waals surface area contributed by atoms with Crippen LogP contribution in [0.1, 0.15) is 10.4 Å². The molecule has 0 aliphatic rings. The summed E-state index contributed by atoms with van der Waals surface area (Å²) < 4.78 is 40.7. The maximum absolute atomic E-state index is 12.0. The van der Waals surface area contributed by atoms with Gasteiger partial charge in [0, 0.05) is 5.69 Å². The van der Waals surface area contributed by atoms with Crippen LogP contribution in [-0.2, 0) is 0 Å². The molecule has 23 heavy (non-hydrogen) atoms. The first-order valence-electron chi connectivity index (χ1n) is 6.17. The van der Waals surface area contributed by atoms with Gasteiger partial charge in [-0.2, -0.15) is 13.2 Å². The van der Waals surface area contributed by atoms with Crippen LogP contribution in [0.15, 0.2) is 36.4 Å². The van der Waals surface area contributed by atoms with E-state index in [1.807, 2.05) is 0 Å². The Morgan fingerprint density at radius 2 is 1.78 bits per heavy atom. The third kappa shape index (κ3) is 5.30. The lowest BCUT2D eigenvalue weighted by Crippen LogP contribution is -2.19. The average molecular weight is 365 g/mol. The van der Waals surface area contributed by atoms with Crippen molar-refractivity contribution in [2.75, 3.05) is 11.9 Å². The van der Waals surface area contributed by atoms with E-state index in [9.17, 15) is 18.0 Å². The number of aromatic nitrogens is 1. The standard InChI is InChI=1S/C14H9Cl2F3N2O2/c15-11-6-5-10(12(16)21-11)13(22)20-8-1-3-9(4-2-8)23-7-14(17,18)19/h1-6H,7H2,(H,20,22). The molecular formula is C14H9Cl2F3N2O2. The minimum absolute atomic E-state index is 0.0338. The molecule has 0 spiro atoms. The molecule has 1 heterocycles. The fourth-order valence-corrected chi connectivity index (χ4v) is 2.01. The maximum atomic E-state index is 12.0. The summed E-state index contributed by atoms with van der Waals surface area (Å²) in [6.45, 7) is -1.38. The van der Waals surface area contributed by atoms with Crippen molar-refractivity contribution in [2.24, 2.45) is 0 Å². The second kappa shape index (κ2) is 7.06. The van der Waals surface area contributed by atoms with Gasteiger partial charge in [-0.1, -0.05) is 23.2 Å². The number of nitrogens with one attached hydrogen (secondary N) is 1. The number of halogens is 5. The largest absolute Gasteiger partial charge is 0.484 e. The number of nitrogens with zero attached hydrogens (tertiary/aromatic N) is 1. The van der Waals surface area contributed by atoms with Crippen LogP contribution in [0, 0.1) is 0 Å². The monoisotopic (exact) mass is 364 g/mol. The van der Waals surface area contributed by atoms with Crippen molar-refractivity contribution in [1.82, 2.24) is 4.98 Å². The van der Waals surface area contributed by atoms with Gasteiger partial charge in [0.2, 0.25) is 0 Å². The number of rotatable bonds is 4. The third-order valence-electron chi connectivity index (χ3n) is 2.57. The molecule has 1 aromatic carbocycles. The second-order valence-corrected chi connectivity index (χ2v) is 5.10. The number of carbonyl (C=O) groups is 1. The van der Waals surface area contributed by atoms with Gasteiger partial charge in [0.25, 0.3) is 5.91 Å². The molecule has 0 saturated carbocycles. The summed E-state index contributed by atoms with van der Waals surface area (Å²) in [5.41, 5.74) is 0.480. The lowest BCUT2D eigenvalue weighted by molar-refractivity contribution is -0.153. The fraction of sp³-hybridized carbons (Fsp3) is 0.143. The molecule has 1 amide bonds. The Morgan fingerprint density at radius 1 is 1.13 bits per heavy atom. The van der Waals surface area contributed by atoms with E-state index in [2.05, 4.69) is 15.0 Å². The van der Waals surface area contributed by atoms with Gasteiger partial charge in [0.15, 0.2) is 6.61 Å². The smallest absolute Gasteiger partial charge is 0.422 e. The number of amides is 1. The summed E-state index contributed by atoms with van der Waals surface area (Å²) in [4.78, 5) is 15.8. The first-order valence-corrected chi connectivity index (χ1v) is 6.93. The molecule has 0 bridgehead atoms. The highest BCUT2D eigenvalue weighted by molar-refractivity contribution is 6.35. The van der Waals surface area contributed by atoms with Crippen LogP contribution in [0.2, 0.25) is 10.3 Å². The van der Waals surface area contributed by atoms with Gasteiger partial charge in [-0.25, -0.2) is 4.98 Å². The summed E-state index contributed by atoms with van der Waals surface area (Å²) in [5.74, 6) is -0.491. The third-order valence-corrected chi connectivity index (χ3v) is 3.07. The van der Waals surface area contributed by atoms with Crippen LogP contribution < -0.4 is 10.1 Å². The number of pyridine rings is 1. The van der Waals surface area contributed by atoms with Crippen molar-refractivity contribution in [1.29, 1.82) is 0 Å². The molecule has 1 N–H and O–H groups in total. The molecule has 122 valence electrons. The molecular weight excluding hydrogens is 356 g/mol. The van der Waals surface area contributed by atoms with Gasteiger partial charge >= 0.3 is 6.18 Å². The van der Waals surface area contributed by atoms with Crippen molar-refractivity contribution in [3.8, 4) is 5.75 Å². The summed E-state index contributed by atoms with van der Waals surface area (Å²) >= 11 is 11.5. The summed E-state index contributed by atoms with van der Waals surface area (Å²) in [7, 11) is 0. The van der Waals surface area contributed by atoms with Crippen LogP contribution in [0.5, 0.6) is 5.75 Å². The molecule has 1 aromatic heterocycles. The average Bonchev–Trinajstić information content (AvgIpc) is 2.45. The van der Waals surface area contributed by atoms with Gasteiger partial charge in [-0.05, 0) is 36.4 Å². The van der Waals surface area contributed by atoms with Crippen molar-refractivity contribution in [3.63, 3.8) is 0 Å². The summed E-state index contributed by atoms with van der Waals surface area (Å²) in [6, 6.07) is 8.25. The van der Waals surface area contributed by atoms with Crippen LogP contribution in [0.25, 0.3) is 0 Å². The Kier molecular flexibility index (Phi) is 5.33. The van der Waals surface area contributed by atoms with Gasteiger partial charge in [-0.15, -0.1) is 0 Å². The second-order valence-electron chi connectivity index (χ2n) is 4.35. The Morgan fingerprint density at radius 3 is 2.35 bits per heavy atom. The molecule has 2 rings (SSSR count). The van der Waals surface area contributed by atoms with Gasteiger partial charge in [-0.3, -0.25) is 4.79 Å². The first kappa shape index (κ1) is 17.4. The highest BCUT2D eigenvalue weighted by Gasteiger charge is 2.28. The van der Waals surface area contributed by atoms with E-state index in [0.717, 1.165) is 0 Å². The number of ether oxygens (including phenoxy) is 1. The minimum atomic E-state index is -4.41. The van der Waals surface area contributed by atoms with E-state index in [1.165, 1.54) is 36.4 Å². The molecule has 4 nitrogen and oxygen atoms in total. The SMILES string of the molecule is O=C(Nc1ccc(OCC(F)(F)F)cc1)c1ccc(Cl)nc1Cl. The molecule has 0 aliphatic carbocycles. The predicted octanol–water partition coefficient (Wildman–Crippen LogP) is 4.58. The van der Waals surface area contributed by atoms with Gasteiger partial charge < -0.3 is 10.1 Å². The van der Waals surface area contributed by atoms with Crippen LogP contribution in [-0.4, -0.2) is 23.7 Å². The molecule has 2 aromatic rings. The highest BCUT2D eigenvalue weighted by atomic mass is 35.5. The van der Waals surface area contributed by atoms with Crippen molar-refractivity contribution >= 4 is 34.8 Å². The van der Waals surface area contributed by atoms with Crippen LogP contribution in [0.4, 0.5) is 18.9 Å². The summed E-state index contributed by atoms with van der Waals surface area (Å²) in [6.07, 6.45) is -4.41. The van der Waals surface area contributed by atoms with E-state index in [0.29, 0.717) is 5.69 Å². The number of alkyl halides is 3. The zero-order valence-electron chi connectivity index (χ0n) is 11.3. The number of hydrogen-bond donors (Lipinski definition) is 1. The zero-order valence-corrected chi connectivity index (χ0v) is 12.8. The van der Waals surface area contributed by atoms with Crippen molar-refractivity contribution < 1.29 is 22.7 Å². The van der Waals surface area contributed by atoms with Crippen LogP contribution in [0.3, 0.4) is 0 Å². The highest BCUT2D eigenvalue weighted by Crippen LogP contribution is 2.22. The zero-order chi connectivity index (χ0) is 17.0. The lowest BCUT2D eigenvalue weighted by Gasteiger charge is -2.10. The normalized spacial score (nSPS) is 11.2. The van der Waals surface area contributed by atoms with Crippen molar-refractivity contribution in [2.45, 2.75) is 6.18 Å². The Bertz CT molecular complexity index is 706. The molecule has 0 unspecified atom stereocenters. The number of carbonyl (C=O) groups excluding carboxylic acids is 1. The molecule has 0 saturated heterocycles. The van der Waals surface area contributed by atoms with Crippen LogP contribution >= 0.6 is 23.2 Å². The fourth-order valence-electron chi connectivity index (χ4n) is 1.58. The molecule has 9 heteroatoms. The lowest BCUT2D eigenvalue weighted by atomic mass is 10.2. The summed E-state index contributed by atoms with van der Waals surface area (Å²) in [5, 5.41) is 2.63. The molecule has 0 fully saturated rings. The number of hydrogen-bond acceptors (Lipinski definition) is 3. The van der Waals surface area contributed by atoms with E-state index >= 15 is 0 Å². The number of anilines is 1. The molecule has 0 aliphatic heterocycles. The van der Waals surface area contributed by atoms with E-state index in [4.69, 9.17) is 23.2 Å². The first-order chi connectivity index (χ1) is 10.7. The quantitative estimate of drug-likeness (QED) is 0.807. The minimum Gasteiger partial charge on any atom is -0.484 e. The van der Waals surface area contributed by atoms with Gasteiger partial charge in [0.1, 0.15) is 16.1 Å². The number of benzene rings is 1. The predicted molar refractivity (Wildman–Crippen MR) is 80.2 cm³/mol. The van der Waals surface area contributed by atoms with E-state index in [1.54, 1.807) is 0 Å². The van der Waals surface area contributed by atoms with Gasteiger partial charge in [0.05, 0.1) is 5.56 Å². The maximum Gasteiger partial charge on any atom is 0.422 e. The van der Waals surface area contributed by atoms with E-state index < -0.39 is 18.7 Å². The Hall–Kier alpha value is -1.99. The topological polar surface area (TPSA) is 51.2 Å².